The third-order valence-corrected chi connectivity index (χ3v) is 3.65. The molecule has 1 aromatic carbocycles. The van der Waals surface area contributed by atoms with Crippen molar-refractivity contribution in [3.05, 3.63) is 52.3 Å². The number of rotatable bonds is 5. The van der Waals surface area contributed by atoms with Gasteiger partial charge in [-0.1, -0.05) is 13.0 Å². The lowest BCUT2D eigenvalue weighted by atomic mass is 10.2. The fourth-order valence-electron chi connectivity index (χ4n) is 1.93. The van der Waals surface area contributed by atoms with E-state index in [0.29, 0.717) is 0 Å². The first kappa shape index (κ1) is 15.0. The van der Waals surface area contributed by atoms with E-state index in [1.54, 1.807) is 6.20 Å². The molecule has 0 bridgehead atoms. The highest BCUT2D eigenvalue weighted by Gasteiger charge is 2.07. The number of aryl methyl sites for hydroxylation is 1. The van der Waals surface area contributed by atoms with Crippen LogP contribution in [-0.2, 0) is 0 Å². The number of ether oxygens (including phenoxy) is 1. The highest BCUT2D eigenvalue weighted by atomic mass is 79.9. The average molecular weight is 335 g/mol. The molecule has 3 nitrogen and oxygen atoms in total. The van der Waals surface area contributed by atoms with Gasteiger partial charge in [-0.05, 0) is 66.2 Å². The second-order valence-corrected chi connectivity index (χ2v) is 5.59. The number of nitrogens with one attached hydrogen (secondary N) is 1. The quantitative estimate of drug-likeness (QED) is 0.866. The van der Waals surface area contributed by atoms with Crippen molar-refractivity contribution in [1.82, 2.24) is 10.3 Å². The Hall–Kier alpha value is -1.39. The lowest BCUT2D eigenvalue weighted by Gasteiger charge is -2.12. The van der Waals surface area contributed by atoms with E-state index in [2.05, 4.69) is 40.1 Å². The van der Waals surface area contributed by atoms with Crippen LogP contribution in [0.25, 0.3) is 0 Å². The monoisotopic (exact) mass is 334 g/mol. The van der Waals surface area contributed by atoms with E-state index in [4.69, 9.17) is 4.74 Å². The molecular weight excluding hydrogens is 316 g/mol. The van der Waals surface area contributed by atoms with Gasteiger partial charge < -0.3 is 10.1 Å². The second-order valence-electron chi connectivity index (χ2n) is 4.73. The Kier molecular flexibility index (Phi) is 5.15. The molecule has 1 N–H and O–H groups in total. The van der Waals surface area contributed by atoms with Crippen LogP contribution in [0.3, 0.4) is 0 Å². The Morgan fingerprint density at radius 3 is 2.70 bits per heavy atom. The molecule has 0 radical (unpaired) electrons. The molecule has 1 atom stereocenters. The molecule has 1 unspecified atom stereocenters. The van der Waals surface area contributed by atoms with Crippen molar-refractivity contribution in [2.45, 2.75) is 26.8 Å². The normalized spacial score (nSPS) is 12.2. The molecule has 106 valence electrons. The Labute approximate surface area is 128 Å². The number of pyridine rings is 1. The van der Waals surface area contributed by atoms with E-state index in [0.717, 1.165) is 28.2 Å². The molecule has 0 saturated carbocycles. The maximum Gasteiger partial charge on any atom is 0.145 e. The van der Waals surface area contributed by atoms with Gasteiger partial charge in [0.2, 0.25) is 0 Å². The van der Waals surface area contributed by atoms with Crippen molar-refractivity contribution in [3.8, 4) is 11.5 Å². The first-order valence-electron chi connectivity index (χ1n) is 6.73. The third-order valence-electron chi connectivity index (χ3n) is 3.03. The first-order valence-corrected chi connectivity index (χ1v) is 7.52. The van der Waals surface area contributed by atoms with Gasteiger partial charge in [0.15, 0.2) is 0 Å². The zero-order chi connectivity index (χ0) is 14.5. The van der Waals surface area contributed by atoms with Crippen molar-refractivity contribution in [3.63, 3.8) is 0 Å². The molecular formula is C16H19BrN2O. The van der Waals surface area contributed by atoms with Crippen molar-refractivity contribution < 1.29 is 4.74 Å². The number of nitrogens with zero attached hydrogens (tertiary/aromatic N) is 1. The van der Waals surface area contributed by atoms with Gasteiger partial charge in [-0.2, -0.15) is 0 Å². The van der Waals surface area contributed by atoms with Gasteiger partial charge >= 0.3 is 0 Å². The van der Waals surface area contributed by atoms with E-state index in [1.807, 2.05) is 37.3 Å². The predicted octanol–water partition coefficient (Wildman–Crippen LogP) is 4.62. The minimum atomic E-state index is 0.250. The van der Waals surface area contributed by atoms with E-state index < -0.39 is 0 Å². The van der Waals surface area contributed by atoms with E-state index in [9.17, 15) is 0 Å². The molecule has 2 aromatic rings. The van der Waals surface area contributed by atoms with Gasteiger partial charge in [0.1, 0.15) is 11.5 Å². The van der Waals surface area contributed by atoms with Crippen molar-refractivity contribution in [2.24, 2.45) is 0 Å². The molecule has 0 aliphatic carbocycles. The number of hydrogen-bond donors (Lipinski definition) is 1. The molecule has 0 amide bonds. The van der Waals surface area contributed by atoms with Crippen LogP contribution in [0, 0.1) is 6.92 Å². The average Bonchev–Trinajstić information content (AvgIpc) is 2.43. The highest BCUT2D eigenvalue weighted by Crippen LogP contribution is 2.30. The Bertz CT molecular complexity index is 569. The first-order chi connectivity index (χ1) is 9.60. The fraction of sp³-hybridized carbons (Fsp3) is 0.312. The maximum atomic E-state index is 5.83. The summed E-state index contributed by atoms with van der Waals surface area (Å²) < 4.78 is 6.78. The Morgan fingerprint density at radius 1 is 1.30 bits per heavy atom. The summed E-state index contributed by atoms with van der Waals surface area (Å²) in [6.45, 7) is 7.16. The van der Waals surface area contributed by atoms with Gasteiger partial charge in [-0.3, -0.25) is 4.98 Å². The van der Waals surface area contributed by atoms with Crippen molar-refractivity contribution in [2.75, 3.05) is 6.54 Å². The van der Waals surface area contributed by atoms with Gasteiger partial charge in [-0.25, -0.2) is 0 Å². The third kappa shape index (κ3) is 3.81. The summed E-state index contributed by atoms with van der Waals surface area (Å²) in [6.07, 6.45) is 1.76. The largest absolute Gasteiger partial charge is 0.455 e. The van der Waals surface area contributed by atoms with Crippen LogP contribution in [-0.4, -0.2) is 11.5 Å². The van der Waals surface area contributed by atoms with Crippen LogP contribution < -0.4 is 10.1 Å². The van der Waals surface area contributed by atoms with Crippen LogP contribution in [0.15, 0.2) is 41.0 Å². The van der Waals surface area contributed by atoms with Crippen molar-refractivity contribution >= 4 is 15.9 Å². The van der Waals surface area contributed by atoms with Gasteiger partial charge in [0.25, 0.3) is 0 Å². The fourth-order valence-corrected chi connectivity index (χ4v) is 2.51. The van der Waals surface area contributed by atoms with Crippen LogP contribution >= 0.6 is 15.9 Å². The summed E-state index contributed by atoms with van der Waals surface area (Å²) in [5.74, 6) is 1.53. The summed E-state index contributed by atoms with van der Waals surface area (Å²) in [4.78, 5) is 4.44. The zero-order valence-electron chi connectivity index (χ0n) is 12.0. The smallest absolute Gasteiger partial charge is 0.145 e. The topological polar surface area (TPSA) is 34.1 Å². The SMILES string of the molecule is CCNC(C)c1ccc(Oc2ccc(C)cc2Br)cn1. The second kappa shape index (κ2) is 6.86. The molecule has 4 heteroatoms. The Balaban J connectivity index is 2.10. The highest BCUT2D eigenvalue weighted by molar-refractivity contribution is 9.10. The lowest BCUT2D eigenvalue weighted by molar-refractivity contribution is 0.475. The zero-order valence-corrected chi connectivity index (χ0v) is 13.6. The minimum absolute atomic E-state index is 0.250. The molecule has 0 spiro atoms. The number of halogens is 1. The van der Waals surface area contributed by atoms with Crippen LogP contribution in [0.1, 0.15) is 31.1 Å². The van der Waals surface area contributed by atoms with Gasteiger partial charge in [0.05, 0.1) is 16.4 Å². The molecule has 0 fully saturated rings. The predicted molar refractivity (Wildman–Crippen MR) is 85.3 cm³/mol. The number of aromatic nitrogens is 1. The van der Waals surface area contributed by atoms with E-state index in [-0.39, 0.29) is 6.04 Å². The molecule has 0 aliphatic rings. The molecule has 20 heavy (non-hydrogen) atoms. The summed E-state index contributed by atoms with van der Waals surface area (Å²) in [6, 6.07) is 10.2. The number of benzene rings is 1. The van der Waals surface area contributed by atoms with Crippen molar-refractivity contribution in [1.29, 1.82) is 0 Å². The summed E-state index contributed by atoms with van der Waals surface area (Å²) in [5.41, 5.74) is 2.21. The molecule has 0 saturated heterocycles. The Morgan fingerprint density at radius 2 is 2.10 bits per heavy atom. The van der Waals surface area contributed by atoms with Crippen LogP contribution in [0.4, 0.5) is 0 Å². The summed E-state index contributed by atoms with van der Waals surface area (Å²) >= 11 is 3.51. The van der Waals surface area contributed by atoms with E-state index >= 15 is 0 Å². The van der Waals surface area contributed by atoms with Crippen LogP contribution in [0.2, 0.25) is 0 Å². The molecule has 1 heterocycles. The lowest BCUT2D eigenvalue weighted by Crippen LogP contribution is -2.18. The molecule has 0 aliphatic heterocycles. The number of hydrogen-bond acceptors (Lipinski definition) is 3. The van der Waals surface area contributed by atoms with Gasteiger partial charge in [0, 0.05) is 6.04 Å². The van der Waals surface area contributed by atoms with Crippen LogP contribution in [0.5, 0.6) is 11.5 Å². The summed E-state index contributed by atoms with van der Waals surface area (Å²) in [5, 5.41) is 3.34. The van der Waals surface area contributed by atoms with E-state index in [1.165, 1.54) is 5.56 Å². The summed E-state index contributed by atoms with van der Waals surface area (Å²) in [7, 11) is 0. The minimum Gasteiger partial charge on any atom is -0.455 e. The molecule has 1 aromatic heterocycles. The van der Waals surface area contributed by atoms with Gasteiger partial charge in [-0.15, -0.1) is 0 Å². The molecule has 2 rings (SSSR count). The maximum absolute atomic E-state index is 5.83. The standard InChI is InChI=1S/C16H19BrN2O/c1-4-18-12(3)15-7-6-13(10-19-15)20-16-8-5-11(2)9-14(16)17/h5-10,12,18H,4H2,1-3H3.